The summed E-state index contributed by atoms with van der Waals surface area (Å²) in [6.07, 6.45) is 6.15. The highest BCUT2D eigenvalue weighted by molar-refractivity contribution is 8.00. The second kappa shape index (κ2) is 6.38. The molecule has 1 nitrogen and oxygen atoms in total. The van der Waals surface area contributed by atoms with Gasteiger partial charge >= 0.3 is 0 Å². The molecule has 0 aliphatic rings. The van der Waals surface area contributed by atoms with Crippen LogP contribution in [-0.4, -0.2) is 28.0 Å². The first-order valence-electron chi connectivity index (χ1n) is 5.45. The molecule has 0 aromatic rings. The molecule has 0 saturated carbocycles. The Bertz CT molecular complexity index is 325. The quantitative estimate of drug-likeness (QED) is 0.385. The van der Waals surface area contributed by atoms with Crippen molar-refractivity contribution >= 4 is 14.9 Å². The van der Waals surface area contributed by atoms with Crippen LogP contribution < -0.4 is 0 Å². The summed E-state index contributed by atoms with van der Waals surface area (Å²) in [5.41, 5.74) is 0.846. The average Bonchev–Trinajstić information content (AvgIpc) is 1.97. The molecule has 96 valence electrons. The number of allylic oxidation sites excluding steroid dienone is 1. The average molecular weight is 252 g/mol. The van der Waals surface area contributed by atoms with E-state index in [1.165, 1.54) is 0 Å². The maximum Gasteiger partial charge on any atom is 0.245 e. The van der Waals surface area contributed by atoms with Crippen LogP contribution in [-0.2, 0) is 9.52 Å². The minimum atomic E-state index is -2.55. The van der Waals surface area contributed by atoms with Crippen molar-refractivity contribution in [1.29, 1.82) is 0 Å². The van der Waals surface area contributed by atoms with Gasteiger partial charge in [-0.3, -0.25) is 4.21 Å². The predicted molar refractivity (Wildman–Crippen MR) is 68.9 cm³/mol. The number of hydrogen-bond acceptors (Lipinski definition) is 1. The van der Waals surface area contributed by atoms with Gasteiger partial charge in [0.2, 0.25) is 5.92 Å². The molecule has 0 aliphatic heterocycles. The summed E-state index contributed by atoms with van der Waals surface area (Å²) in [6.45, 7) is 4.75. The molecule has 16 heavy (non-hydrogen) atoms. The van der Waals surface area contributed by atoms with Gasteiger partial charge in [0.25, 0.3) is 0 Å². The van der Waals surface area contributed by atoms with Gasteiger partial charge in [0.15, 0.2) is 0 Å². The third-order valence-electron chi connectivity index (χ3n) is 2.06. The van der Waals surface area contributed by atoms with Crippen molar-refractivity contribution in [1.82, 2.24) is 0 Å². The Hall–Kier alpha value is -0.380. The monoisotopic (exact) mass is 252 g/mol. The van der Waals surface area contributed by atoms with Crippen LogP contribution in [0.5, 0.6) is 0 Å². The van der Waals surface area contributed by atoms with Gasteiger partial charge in [-0.1, -0.05) is 13.0 Å². The zero-order valence-electron chi connectivity index (χ0n) is 10.4. The molecular weight excluding hydrogens is 230 g/mol. The van der Waals surface area contributed by atoms with Crippen molar-refractivity contribution in [3.8, 4) is 0 Å². The Kier molecular flexibility index (Phi) is 6.23. The molecule has 0 spiro atoms. The summed E-state index contributed by atoms with van der Waals surface area (Å²) < 4.78 is 36.3. The fourth-order valence-corrected chi connectivity index (χ4v) is 2.35. The van der Waals surface area contributed by atoms with E-state index in [1.807, 2.05) is 0 Å². The van der Waals surface area contributed by atoms with Crippen molar-refractivity contribution in [2.24, 2.45) is 0 Å². The van der Waals surface area contributed by atoms with Crippen LogP contribution in [0, 0.1) is 0 Å². The summed E-state index contributed by atoms with van der Waals surface area (Å²) in [6, 6.07) is 0. The lowest BCUT2D eigenvalue weighted by atomic mass is 10.1. The summed E-state index contributed by atoms with van der Waals surface area (Å²) >= 11 is 0. The fraction of sp³-hybridized carbons (Fsp3) is 0.750. The smallest absolute Gasteiger partial charge is 0.245 e. The van der Waals surface area contributed by atoms with Crippen LogP contribution in [0.3, 0.4) is 0 Å². The molecule has 0 rings (SSSR count). The van der Waals surface area contributed by atoms with E-state index in [9.17, 15) is 13.0 Å². The highest BCUT2D eigenvalue weighted by Crippen LogP contribution is 2.20. The Labute approximate surface area is 97.9 Å². The first kappa shape index (κ1) is 15.6. The summed E-state index contributed by atoms with van der Waals surface area (Å²) in [7, 11) is -1.88. The highest BCUT2D eigenvalue weighted by atomic mass is 32.2. The second-order valence-electron chi connectivity index (χ2n) is 4.72. The summed E-state index contributed by atoms with van der Waals surface area (Å²) in [5.74, 6) is -2.55. The molecule has 0 aromatic heterocycles. The van der Waals surface area contributed by atoms with Crippen LogP contribution in [0.25, 0.3) is 0 Å². The summed E-state index contributed by atoms with van der Waals surface area (Å²) in [4.78, 5) is 0. The van der Waals surface area contributed by atoms with E-state index in [-0.39, 0.29) is 6.42 Å². The van der Waals surface area contributed by atoms with Crippen molar-refractivity contribution in [3.05, 3.63) is 12.2 Å². The van der Waals surface area contributed by atoms with Crippen molar-refractivity contribution < 1.29 is 13.0 Å². The predicted octanol–water partition coefficient (Wildman–Crippen LogP) is 3.49. The third kappa shape index (κ3) is 11.7. The largest absolute Gasteiger partial charge is 0.268 e. The van der Waals surface area contributed by atoms with Gasteiger partial charge < -0.3 is 0 Å². The van der Waals surface area contributed by atoms with E-state index >= 15 is 0 Å². The second-order valence-corrected chi connectivity index (χ2v) is 7.57. The van der Waals surface area contributed by atoms with E-state index < -0.39 is 15.4 Å². The molecule has 0 amide bonds. The Morgan fingerprint density at radius 3 is 2.31 bits per heavy atom. The maximum atomic E-state index is 12.5. The molecule has 0 fully saturated rings. The zero-order valence-corrected chi connectivity index (χ0v) is 11.2. The summed E-state index contributed by atoms with van der Waals surface area (Å²) in [5, 5.41) is 1.68. The highest BCUT2D eigenvalue weighted by Gasteiger charge is 2.19. The normalized spacial score (nSPS) is 12.6. The Morgan fingerprint density at radius 2 is 1.88 bits per heavy atom. The molecule has 0 saturated heterocycles. The van der Waals surface area contributed by atoms with Crippen LogP contribution in [0.2, 0.25) is 0 Å². The molecule has 0 bridgehead atoms. The molecule has 0 atom stereocenters. The number of rotatable bonds is 7. The van der Waals surface area contributed by atoms with Crippen LogP contribution >= 0.6 is 0 Å². The Morgan fingerprint density at radius 1 is 1.31 bits per heavy atom. The minimum Gasteiger partial charge on any atom is -0.268 e. The van der Waals surface area contributed by atoms with E-state index in [2.05, 4.69) is 6.58 Å². The van der Waals surface area contributed by atoms with Gasteiger partial charge in [0.05, 0.1) is 0 Å². The fourth-order valence-electron chi connectivity index (χ4n) is 1.42. The van der Waals surface area contributed by atoms with Crippen molar-refractivity contribution in [2.75, 3.05) is 12.5 Å². The van der Waals surface area contributed by atoms with E-state index in [4.69, 9.17) is 0 Å². The van der Waals surface area contributed by atoms with Gasteiger partial charge in [-0.05, 0) is 46.6 Å². The molecule has 4 heteroatoms. The van der Waals surface area contributed by atoms with Gasteiger partial charge in [-0.2, -0.15) is 0 Å². The number of unbranched alkanes of at least 4 members (excludes halogenated alkanes) is 2. The van der Waals surface area contributed by atoms with Crippen LogP contribution in [0.15, 0.2) is 12.2 Å². The first-order chi connectivity index (χ1) is 7.10. The van der Waals surface area contributed by atoms with Gasteiger partial charge in [0.1, 0.15) is 0 Å². The van der Waals surface area contributed by atoms with Crippen LogP contribution in [0.1, 0.15) is 39.0 Å². The van der Waals surface area contributed by atoms with Crippen molar-refractivity contribution in [3.63, 3.8) is 0 Å². The maximum absolute atomic E-state index is 12.5. The van der Waals surface area contributed by atoms with Gasteiger partial charge in [-0.15, -0.1) is 0 Å². The third-order valence-corrected chi connectivity index (χ3v) is 2.97. The molecule has 0 radical (unpaired) electrons. The number of hydrogen-bond donors (Lipinski definition) is 0. The standard InChI is InChI=1S/C12H22F2OS/c1-11(10-16(3,4)15)8-6-5-7-9-12(2,13)14/h10H,1,5-9H2,2-4H3. The lowest BCUT2D eigenvalue weighted by molar-refractivity contribution is 0.0104. The van der Waals surface area contributed by atoms with E-state index in [0.717, 1.165) is 31.8 Å². The molecule has 0 heterocycles. The number of halogens is 2. The molecule has 0 aromatic carbocycles. The van der Waals surface area contributed by atoms with Gasteiger partial charge in [0, 0.05) is 18.9 Å². The van der Waals surface area contributed by atoms with Crippen LogP contribution in [0.4, 0.5) is 8.78 Å². The molecule has 0 unspecified atom stereocenters. The zero-order chi connectivity index (χ0) is 12.8. The lowest BCUT2D eigenvalue weighted by Gasteiger charge is -2.09. The van der Waals surface area contributed by atoms with E-state index in [0.29, 0.717) is 6.42 Å². The molecule has 0 N–H and O–H groups in total. The SMILES string of the molecule is C=C(C=S(C)(C)=O)CCCCCC(C)(F)F. The lowest BCUT2D eigenvalue weighted by Crippen LogP contribution is -2.08. The molecular formula is C12H22F2OS. The minimum absolute atomic E-state index is 0.0541. The van der Waals surface area contributed by atoms with Crippen molar-refractivity contribution in [2.45, 2.75) is 45.0 Å². The van der Waals surface area contributed by atoms with Gasteiger partial charge in [-0.25, -0.2) is 8.78 Å². The topological polar surface area (TPSA) is 17.1 Å². The number of alkyl halides is 2. The Balaban J connectivity index is 3.70. The molecule has 0 aliphatic carbocycles. The first-order valence-corrected chi connectivity index (χ1v) is 7.88. The van der Waals surface area contributed by atoms with E-state index in [1.54, 1.807) is 17.9 Å².